The van der Waals surface area contributed by atoms with Crippen LogP contribution in [0, 0.1) is 0 Å². The van der Waals surface area contributed by atoms with E-state index in [1.165, 1.54) is 0 Å². The molecule has 0 radical (unpaired) electrons. The largest absolute Gasteiger partial charge is 0.700 e. The molecule has 60 valence electrons. The van der Waals surface area contributed by atoms with Gasteiger partial charge in [-0.05, 0) is 14.1 Å². The molecule has 0 unspecified atom stereocenters. The molecule has 0 aliphatic rings. The van der Waals surface area contributed by atoms with Crippen molar-refractivity contribution in [2.45, 2.75) is 0 Å². The third-order valence-electron chi connectivity index (χ3n) is 0.629. The molecule has 0 aliphatic heterocycles. The maximum Gasteiger partial charge on any atom is 0.700 e. The van der Waals surface area contributed by atoms with Crippen LogP contribution in [0.2, 0.25) is 0 Å². The molecule has 0 saturated carbocycles. The second-order valence-corrected chi connectivity index (χ2v) is 2.44. The van der Waals surface area contributed by atoms with E-state index in [0.717, 1.165) is 0 Å². The molecular weight excluding hydrogens is 155 g/mol. The number of hydrogen-bond donors (Lipinski definition) is 2. The first-order valence-corrected chi connectivity index (χ1v) is 3.93. The van der Waals surface area contributed by atoms with Crippen molar-refractivity contribution in [1.82, 2.24) is 10.6 Å². The van der Waals surface area contributed by atoms with Crippen LogP contribution in [0.1, 0.15) is 0 Å². The van der Waals surface area contributed by atoms with Crippen molar-refractivity contribution in [3.63, 3.8) is 0 Å². The summed E-state index contributed by atoms with van der Waals surface area (Å²) < 4.78 is 19.8. The van der Waals surface area contributed by atoms with Crippen molar-refractivity contribution in [3.05, 3.63) is 0 Å². The van der Waals surface area contributed by atoms with Gasteiger partial charge in [-0.2, -0.15) is 0 Å². The molecule has 0 amide bonds. The lowest BCUT2D eigenvalue weighted by Gasteiger charge is -1.88. The van der Waals surface area contributed by atoms with Crippen LogP contribution in [0.5, 0.6) is 0 Å². The first kappa shape index (κ1) is 9.94. The quantitative estimate of drug-likeness (QED) is 0.431. The maximum absolute atomic E-state index is 10.6. The van der Waals surface area contributed by atoms with E-state index in [2.05, 4.69) is 19.7 Å². The fourth-order valence-electron chi connectivity index (χ4n) is 0.272. The van der Waals surface area contributed by atoms with Crippen LogP contribution in [0.4, 0.5) is 0 Å². The van der Waals surface area contributed by atoms with Gasteiger partial charge in [0.15, 0.2) is 13.5 Å². The molecule has 0 bridgehead atoms. The molecule has 0 rings (SSSR count). The summed E-state index contributed by atoms with van der Waals surface area (Å²) in [5.74, 6) is 0. The fourth-order valence-corrected chi connectivity index (χ4v) is 0.815. The Morgan fingerprint density at radius 1 is 1.20 bits per heavy atom. The van der Waals surface area contributed by atoms with Crippen LogP contribution in [0.15, 0.2) is 0 Å². The van der Waals surface area contributed by atoms with Crippen LogP contribution in [0.3, 0.4) is 0 Å². The summed E-state index contributed by atoms with van der Waals surface area (Å²) in [5, 5.41) is 5.34. The molecule has 0 spiro atoms. The summed E-state index contributed by atoms with van der Waals surface area (Å²) in [4.78, 5) is 0. The van der Waals surface area contributed by atoms with Crippen LogP contribution in [-0.4, -0.2) is 27.6 Å². The van der Waals surface area contributed by atoms with Gasteiger partial charge in [-0.1, -0.05) is 0 Å². The van der Waals surface area contributed by atoms with Crippen molar-refractivity contribution in [2.75, 3.05) is 27.6 Å². The molecule has 0 aromatic rings. The standard InChI is InChI=1S/C4H12N2O3P/c1-5-3-8-10(7)9-4-6-2/h5-6H,3-4H2,1-2H3/q+1. The van der Waals surface area contributed by atoms with Gasteiger partial charge in [-0.15, -0.1) is 9.05 Å². The predicted molar refractivity (Wildman–Crippen MR) is 37.6 cm³/mol. The Morgan fingerprint density at radius 2 is 1.60 bits per heavy atom. The van der Waals surface area contributed by atoms with Gasteiger partial charge in [0.25, 0.3) is 0 Å². The lowest BCUT2D eigenvalue weighted by molar-refractivity contribution is 0.209. The van der Waals surface area contributed by atoms with E-state index in [1.807, 2.05) is 0 Å². The third kappa shape index (κ3) is 6.07. The second kappa shape index (κ2) is 7.05. The Morgan fingerprint density at radius 3 is 1.90 bits per heavy atom. The first-order valence-electron chi connectivity index (χ1n) is 2.83. The first-order chi connectivity index (χ1) is 4.81. The van der Waals surface area contributed by atoms with Gasteiger partial charge < -0.3 is 0 Å². The summed E-state index contributed by atoms with van der Waals surface area (Å²) in [7, 11) is 1.42. The Labute approximate surface area is 61.0 Å². The van der Waals surface area contributed by atoms with Crippen molar-refractivity contribution >= 4 is 8.25 Å². The van der Waals surface area contributed by atoms with Crippen molar-refractivity contribution in [1.29, 1.82) is 0 Å². The molecule has 0 heterocycles. The zero-order chi connectivity index (χ0) is 7.82. The van der Waals surface area contributed by atoms with Gasteiger partial charge in [-0.3, -0.25) is 10.6 Å². The SMILES string of the molecule is CNCO[P+](=O)OCNC. The van der Waals surface area contributed by atoms with Crippen molar-refractivity contribution < 1.29 is 13.6 Å². The highest BCUT2D eigenvalue weighted by Crippen LogP contribution is 2.21. The maximum atomic E-state index is 10.6. The van der Waals surface area contributed by atoms with E-state index >= 15 is 0 Å². The molecule has 10 heavy (non-hydrogen) atoms. The normalized spacial score (nSPS) is 9.80. The molecule has 0 aromatic carbocycles. The molecular formula is C4H12N2O3P+. The minimum Gasteiger partial charge on any atom is -0.294 e. The monoisotopic (exact) mass is 167 g/mol. The van der Waals surface area contributed by atoms with Gasteiger partial charge in [0.05, 0.1) is 0 Å². The Hall–Kier alpha value is -0.0600. The number of hydrogen-bond acceptors (Lipinski definition) is 5. The van der Waals surface area contributed by atoms with Crippen molar-refractivity contribution in [2.24, 2.45) is 0 Å². The van der Waals surface area contributed by atoms with Crippen LogP contribution in [-0.2, 0) is 13.6 Å². The Bertz CT molecular complexity index is 90.5. The van der Waals surface area contributed by atoms with E-state index in [0.29, 0.717) is 0 Å². The Balaban J connectivity index is 3.09. The zero-order valence-corrected chi connectivity index (χ0v) is 6.98. The lowest BCUT2D eigenvalue weighted by atomic mass is 11.2. The summed E-state index contributed by atoms with van der Waals surface area (Å²) >= 11 is 0. The van der Waals surface area contributed by atoms with Gasteiger partial charge in [0, 0.05) is 4.57 Å². The van der Waals surface area contributed by atoms with E-state index in [1.54, 1.807) is 14.1 Å². The van der Waals surface area contributed by atoms with E-state index in [4.69, 9.17) is 0 Å². The van der Waals surface area contributed by atoms with Gasteiger partial charge in [0.2, 0.25) is 0 Å². The van der Waals surface area contributed by atoms with E-state index in [-0.39, 0.29) is 13.5 Å². The molecule has 0 aliphatic carbocycles. The number of rotatable bonds is 6. The highest BCUT2D eigenvalue weighted by atomic mass is 31.1. The zero-order valence-electron chi connectivity index (χ0n) is 6.09. The molecule has 6 heteroatoms. The fraction of sp³-hybridized carbons (Fsp3) is 1.00. The third-order valence-corrected chi connectivity index (χ3v) is 1.31. The molecule has 0 aromatic heterocycles. The Kier molecular flexibility index (Phi) is 7.01. The summed E-state index contributed by atoms with van der Waals surface area (Å²) in [5.41, 5.74) is 0. The van der Waals surface area contributed by atoms with E-state index < -0.39 is 8.25 Å². The highest BCUT2D eigenvalue weighted by Gasteiger charge is 2.17. The molecule has 2 N–H and O–H groups in total. The topological polar surface area (TPSA) is 59.6 Å². The van der Waals surface area contributed by atoms with Gasteiger partial charge in [-0.25, -0.2) is 0 Å². The smallest absolute Gasteiger partial charge is 0.294 e. The van der Waals surface area contributed by atoms with Crippen LogP contribution >= 0.6 is 8.25 Å². The average molecular weight is 167 g/mol. The molecule has 0 atom stereocenters. The minimum atomic E-state index is -1.97. The summed E-state index contributed by atoms with van der Waals surface area (Å²) in [6, 6.07) is 0. The van der Waals surface area contributed by atoms with E-state index in [9.17, 15) is 4.57 Å². The second-order valence-electron chi connectivity index (χ2n) is 1.48. The molecule has 0 saturated heterocycles. The molecule has 5 nitrogen and oxygen atoms in total. The highest BCUT2D eigenvalue weighted by molar-refractivity contribution is 7.33. The van der Waals surface area contributed by atoms with Crippen LogP contribution < -0.4 is 10.6 Å². The minimum absolute atomic E-state index is 0.235. The summed E-state index contributed by atoms with van der Waals surface area (Å²) in [6.45, 7) is 0.470. The van der Waals surface area contributed by atoms with Crippen LogP contribution in [0.25, 0.3) is 0 Å². The van der Waals surface area contributed by atoms with Crippen molar-refractivity contribution in [3.8, 4) is 0 Å². The average Bonchev–Trinajstić information content (AvgIpc) is 1.97. The van der Waals surface area contributed by atoms with Gasteiger partial charge in [0.1, 0.15) is 0 Å². The molecule has 0 fully saturated rings. The summed E-state index contributed by atoms with van der Waals surface area (Å²) in [6.07, 6.45) is 0. The van der Waals surface area contributed by atoms with Gasteiger partial charge >= 0.3 is 8.25 Å². The number of nitrogens with one attached hydrogen (secondary N) is 2. The lowest BCUT2D eigenvalue weighted by Crippen LogP contribution is -2.11. The predicted octanol–water partition coefficient (Wildman–Crippen LogP) is 0.0308.